The number of benzene rings is 1. The van der Waals surface area contributed by atoms with Crippen LogP contribution in [0.4, 0.5) is 0 Å². The van der Waals surface area contributed by atoms with Crippen molar-refractivity contribution in [2.24, 2.45) is 0 Å². The van der Waals surface area contributed by atoms with E-state index < -0.39 is 0 Å². The highest BCUT2D eigenvalue weighted by Crippen LogP contribution is 2.19. The van der Waals surface area contributed by atoms with Crippen LogP contribution in [0.5, 0.6) is 5.75 Å². The third-order valence-corrected chi connectivity index (χ3v) is 2.56. The molecule has 0 spiro atoms. The number of alkyl halides is 1. The minimum Gasteiger partial charge on any atom is -0.491 e. The smallest absolute Gasteiger partial charge is 0.134 e. The van der Waals surface area contributed by atoms with E-state index in [1.54, 1.807) is 0 Å². The molecule has 0 heterocycles. The first-order chi connectivity index (χ1) is 8.63. The third kappa shape index (κ3) is 5.44. The van der Waals surface area contributed by atoms with Crippen LogP contribution in [0.15, 0.2) is 18.2 Å². The van der Waals surface area contributed by atoms with Gasteiger partial charge >= 0.3 is 0 Å². The number of rotatable bonds is 5. The molecule has 0 bridgehead atoms. The Morgan fingerprint density at radius 2 is 2.11 bits per heavy atom. The SMILES string of the molecule is Cc1ccc(OCCN(C)C)c(C#CCCCl)c1. The van der Waals surface area contributed by atoms with Gasteiger partial charge in [-0.3, -0.25) is 0 Å². The van der Waals surface area contributed by atoms with Crippen LogP contribution < -0.4 is 4.74 Å². The van der Waals surface area contributed by atoms with Gasteiger partial charge < -0.3 is 9.64 Å². The Hall–Kier alpha value is -1.17. The zero-order chi connectivity index (χ0) is 13.4. The van der Waals surface area contributed by atoms with E-state index in [4.69, 9.17) is 16.3 Å². The maximum absolute atomic E-state index is 5.76. The van der Waals surface area contributed by atoms with Gasteiger partial charge in [-0.2, -0.15) is 0 Å². The molecule has 0 saturated heterocycles. The summed E-state index contributed by atoms with van der Waals surface area (Å²) < 4.78 is 5.76. The zero-order valence-electron chi connectivity index (χ0n) is 11.3. The van der Waals surface area contributed by atoms with E-state index >= 15 is 0 Å². The van der Waals surface area contributed by atoms with E-state index in [0.717, 1.165) is 17.9 Å². The fraction of sp³-hybridized carbons (Fsp3) is 0.467. The van der Waals surface area contributed by atoms with Crippen molar-refractivity contribution >= 4 is 11.6 Å². The second kappa shape index (κ2) is 8.02. The van der Waals surface area contributed by atoms with Gasteiger partial charge in [-0.05, 0) is 38.7 Å². The summed E-state index contributed by atoms with van der Waals surface area (Å²) in [5.41, 5.74) is 2.13. The quantitative estimate of drug-likeness (QED) is 0.600. The Morgan fingerprint density at radius 3 is 2.78 bits per heavy atom. The number of halogens is 1. The molecule has 0 saturated carbocycles. The first kappa shape index (κ1) is 14.9. The van der Waals surface area contributed by atoms with E-state index in [9.17, 15) is 0 Å². The first-order valence-electron chi connectivity index (χ1n) is 6.06. The van der Waals surface area contributed by atoms with Gasteiger partial charge in [0, 0.05) is 18.8 Å². The summed E-state index contributed by atoms with van der Waals surface area (Å²) in [5.74, 6) is 7.58. The number of nitrogens with zero attached hydrogens (tertiary/aromatic N) is 1. The van der Waals surface area contributed by atoms with Crippen LogP contribution in [0.1, 0.15) is 17.5 Å². The zero-order valence-corrected chi connectivity index (χ0v) is 12.0. The second-order valence-corrected chi connectivity index (χ2v) is 4.77. The number of aryl methyl sites for hydroxylation is 1. The van der Waals surface area contributed by atoms with Gasteiger partial charge in [0.15, 0.2) is 0 Å². The number of hydrogen-bond donors (Lipinski definition) is 0. The van der Waals surface area contributed by atoms with Gasteiger partial charge in [0.2, 0.25) is 0 Å². The lowest BCUT2D eigenvalue weighted by Gasteiger charge is -2.12. The molecule has 3 heteroatoms. The molecule has 98 valence electrons. The van der Waals surface area contributed by atoms with Crippen molar-refractivity contribution in [3.05, 3.63) is 29.3 Å². The first-order valence-corrected chi connectivity index (χ1v) is 6.60. The molecule has 0 atom stereocenters. The molecular formula is C15H20ClNO. The lowest BCUT2D eigenvalue weighted by molar-refractivity contribution is 0.261. The minimum absolute atomic E-state index is 0.565. The predicted molar refractivity (Wildman–Crippen MR) is 77.4 cm³/mol. The molecule has 2 nitrogen and oxygen atoms in total. The Morgan fingerprint density at radius 1 is 1.33 bits per heavy atom. The highest BCUT2D eigenvalue weighted by atomic mass is 35.5. The minimum atomic E-state index is 0.565. The summed E-state index contributed by atoms with van der Waals surface area (Å²) in [4.78, 5) is 2.09. The second-order valence-electron chi connectivity index (χ2n) is 4.39. The maximum atomic E-state index is 5.76. The Kier molecular flexibility index (Phi) is 6.64. The van der Waals surface area contributed by atoms with Crippen LogP contribution in [0.25, 0.3) is 0 Å². The number of hydrogen-bond acceptors (Lipinski definition) is 2. The van der Waals surface area contributed by atoms with Crippen LogP contribution >= 0.6 is 11.6 Å². The van der Waals surface area contributed by atoms with Gasteiger partial charge in [0.1, 0.15) is 12.4 Å². The standard InChI is InChI=1S/C15H20ClNO/c1-13-7-8-15(18-11-10-17(2)3)14(12-13)6-4-5-9-16/h7-8,12H,5,9-11H2,1-3H3. The van der Waals surface area contributed by atoms with E-state index in [1.165, 1.54) is 5.56 Å². The van der Waals surface area contributed by atoms with Crippen LogP contribution in [-0.2, 0) is 0 Å². The summed E-state index contributed by atoms with van der Waals surface area (Å²) >= 11 is 5.62. The third-order valence-electron chi connectivity index (χ3n) is 2.37. The highest BCUT2D eigenvalue weighted by molar-refractivity contribution is 6.18. The normalized spacial score (nSPS) is 10.1. The molecule has 18 heavy (non-hydrogen) atoms. The lowest BCUT2D eigenvalue weighted by atomic mass is 10.1. The maximum Gasteiger partial charge on any atom is 0.134 e. The molecule has 0 fully saturated rings. The average Bonchev–Trinajstić information content (AvgIpc) is 2.32. The topological polar surface area (TPSA) is 12.5 Å². The van der Waals surface area contributed by atoms with Crippen LogP contribution in [0.3, 0.4) is 0 Å². The van der Waals surface area contributed by atoms with Gasteiger partial charge in [-0.15, -0.1) is 11.6 Å². The summed E-state index contributed by atoms with van der Waals surface area (Å²) in [5, 5.41) is 0. The van der Waals surface area contributed by atoms with E-state index in [0.29, 0.717) is 18.9 Å². The molecule has 0 aromatic heterocycles. The van der Waals surface area contributed by atoms with E-state index in [-0.39, 0.29) is 0 Å². The molecule has 0 radical (unpaired) electrons. The van der Waals surface area contributed by atoms with Crippen LogP contribution in [0.2, 0.25) is 0 Å². The van der Waals surface area contributed by atoms with Gasteiger partial charge in [-0.1, -0.05) is 17.9 Å². The molecule has 0 aliphatic carbocycles. The van der Waals surface area contributed by atoms with Crippen LogP contribution in [-0.4, -0.2) is 38.0 Å². The van der Waals surface area contributed by atoms with Gasteiger partial charge in [-0.25, -0.2) is 0 Å². The molecular weight excluding hydrogens is 246 g/mol. The summed E-state index contributed by atoms with van der Waals surface area (Å²) in [6, 6.07) is 6.07. The fourth-order valence-corrected chi connectivity index (χ4v) is 1.51. The molecule has 0 unspecified atom stereocenters. The Balaban J connectivity index is 2.74. The largest absolute Gasteiger partial charge is 0.491 e. The molecule has 0 amide bonds. The van der Waals surface area contributed by atoms with Crippen molar-refractivity contribution < 1.29 is 4.74 Å². The van der Waals surface area contributed by atoms with Gasteiger partial charge in [0.25, 0.3) is 0 Å². The van der Waals surface area contributed by atoms with Crippen molar-refractivity contribution in [3.8, 4) is 17.6 Å². The van der Waals surface area contributed by atoms with Gasteiger partial charge in [0.05, 0.1) is 5.56 Å². The summed E-state index contributed by atoms with van der Waals surface area (Å²) in [6.07, 6.45) is 0.701. The predicted octanol–water partition coefficient (Wildman–Crippen LogP) is 2.92. The highest BCUT2D eigenvalue weighted by Gasteiger charge is 2.02. The Bertz CT molecular complexity index is 432. The van der Waals surface area contributed by atoms with E-state index in [2.05, 4.69) is 23.7 Å². The fourth-order valence-electron chi connectivity index (χ4n) is 1.41. The van der Waals surface area contributed by atoms with Crippen molar-refractivity contribution in [2.45, 2.75) is 13.3 Å². The lowest BCUT2D eigenvalue weighted by Crippen LogP contribution is -2.19. The molecule has 1 aromatic rings. The van der Waals surface area contributed by atoms with Crippen molar-refractivity contribution in [1.29, 1.82) is 0 Å². The Labute approximate surface area is 115 Å². The molecule has 0 aliphatic rings. The molecule has 0 N–H and O–H groups in total. The number of likely N-dealkylation sites (N-methyl/N-ethyl adjacent to an activating group) is 1. The summed E-state index contributed by atoms with van der Waals surface area (Å²) in [6.45, 7) is 3.61. The van der Waals surface area contributed by atoms with Crippen LogP contribution in [0, 0.1) is 18.8 Å². The summed E-state index contributed by atoms with van der Waals surface area (Å²) in [7, 11) is 4.05. The van der Waals surface area contributed by atoms with Crippen molar-refractivity contribution in [1.82, 2.24) is 4.90 Å². The average molecular weight is 266 g/mol. The van der Waals surface area contributed by atoms with E-state index in [1.807, 2.05) is 32.3 Å². The molecule has 0 aliphatic heterocycles. The van der Waals surface area contributed by atoms with Crippen molar-refractivity contribution in [2.75, 3.05) is 33.1 Å². The molecule has 1 rings (SSSR count). The number of ether oxygens (including phenoxy) is 1. The molecule has 1 aromatic carbocycles. The van der Waals surface area contributed by atoms with Crippen molar-refractivity contribution in [3.63, 3.8) is 0 Å². The monoisotopic (exact) mass is 265 g/mol.